The quantitative estimate of drug-likeness (QED) is 0.538. The molecule has 3 rings (SSSR count). The summed E-state index contributed by atoms with van der Waals surface area (Å²) in [4.78, 5) is 20.5. The van der Waals surface area contributed by atoms with E-state index >= 15 is 0 Å². The van der Waals surface area contributed by atoms with Crippen LogP contribution in [0.1, 0.15) is 12.8 Å². The van der Waals surface area contributed by atoms with Gasteiger partial charge in [0.2, 0.25) is 5.91 Å². The lowest BCUT2D eigenvalue weighted by Crippen LogP contribution is -2.12. The van der Waals surface area contributed by atoms with Crippen LogP contribution in [-0.4, -0.2) is 22.5 Å². The Morgan fingerprint density at radius 3 is 2.92 bits per heavy atom. The summed E-state index contributed by atoms with van der Waals surface area (Å²) in [6.45, 7) is 0.367. The van der Waals surface area contributed by atoms with Gasteiger partial charge >= 0.3 is 0 Å². The van der Waals surface area contributed by atoms with Crippen LogP contribution in [0.4, 0.5) is 5.13 Å². The normalized spacial score (nSPS) is 10.5. The van der Waals surface area contributed by atoms with Gasteiger partial charge in [0.15, 0.2) is 5.13 Å². The number of nitrogens with one attached hydrogen (secondary N) is 1. The van der Waals surface area contributed by atoms with E-state index in [1.165, 1.54) is 11.3 Å². The van der Waals surface area contributed by atoms with Gasteiger partial charge in [-0.1, -0.05) is 29.3 Å². The van der Waals surface area contributed by atoms with Crippen molar-refractivity contribution in [3.05, 3.63) is 58.2 Å². The van der Waals surface area contributed by atoms with Gasteiger partial charge in [0.1, 0.15) is 10.8 Å². The first-order valence-electron chi connectivity index (χ1n) is 7.86. The third-order valence-electron chi connectivity index (χ3n) is 3.43. The number of amides is 1. The third kappa shape index (κ3) is 4.94. The fraction of sp³-hybridized carbons (Fsp3) is 0.167. The molecule has 0 radical (unpaired) electrons. The minimum absolute atomic E-state index is 0.113. The van der Waals surface area contributed by atoms with Crippen LogP contribution in [0.5, 0.6) is 5.75 Å². The zero-order valence-electron chi connectivity index (χ0n) is 13.6. The highest BCUT2D eigenvalue weighted by Crippen LogP contribution is 2.31. The van der Waals surface area contributed by atoms with Crippen LogP contribution in [0.2, 0.25) is 10.0 Å². The zero-order valence-corrected chi connectivity index (χ0v) is 15.9. The van der Waals surface area contributed by atoms with Gasteiger partial charge in [-0.3, -0.25) is 9.78 Å². The number of pyridine rings is 1. The number of halogens is 2. The van der Waals surface area contributed by atoms with E-state index in [-0.39, 0.29) is 5.91 Å². The standard InChI is InChI=1S/C18H15Cl2N3O2S/c19-13-5-1-6-15(17(13)20)25-9-3-7-16(24)23-18-22-14(11-26-18)12-4-2-8-21-10-12/h1-2,4-6,8,10-11H,3,7,9H2,(H,22,23,24). The second-order valence-corrected chi connectivity index (χ2v) is 6.98. The van der Waals surface area contributed by atoms with Crippen LogP contribution >= 0.6 is 34.5 Å². The Hall–Kier alpha value is -2.15. The Balaban J connectivity index is 1.45. The molecule has 2 aromatic heterocycles. The Kier molecular flexibility index (Phi) is 6.44. The first kappa shape index (κ1) is 18.6. The molecule has 0 saturated carbocycles. The summed E-state index contributed by atoms with van der Waals surface area (Å²) in [6, 6.07) is 8.96. The number of rotatable bonds is 7. The van der Waals surface area contributed by atoms with Crippen molar-refractivity contribution >= 4 is 45.6 Å². The highest BCUT2D eigenvalue weighted by atomic mass is 35.5. The summed E-state index contributed by atoms with van der Waals surface area (Å²) in [5, 5.41) is 6.06. The highest BCUT2D eigenvalue weighted by molar-refractivity contribution is 7.14. The van der Waals surface area contributed by atoms with Crippen molar-refractivity contribution in [2.75, 3.05) is 11.9 Å². The smallest absolute Gasteiger partial charge is 0.226 e. The number of anilines is 1. The Bertz CT molecular complexity index is 887. The van der Waals surface area contributed by atoms with Gasteiger partial charge in [-0.05, 0) is 30.7 Å². The van der Waals surface area contributed by atoms with E-state index in [1.807, 2.05) is 17.5 Å². The summed E-state index contributed by atoms with van der Waals surface area (Å²) in [7, 11) is 0. The molecule has 1 N–H and O–H groups in total. The number of aromatic nitrogens is 2. The van der Waals surface area contributed by atoms with Crippen molar-refractivity contribution in [1.29, 1.82) is 0 Å². The molecule has 2 heterocycles. The number of hydrogen-bond donors (Lipinski definition) is 1. The minimum atomic E-state index is -0.113. The van der Waals surface area contributed by atoms with Gasteiger partial charge < -0.3 is 10.1 Å². The predicted molar refractivity (Wildman–Crippen MR) is 105 cm³/mol. The minimum Gasteiger partial charge on any atom is -0.492 e. The van der Waals surface area contributed by atoms with Crippen molar-refractivity contribution in [3.63, 3.8) is 0 Å². The topological polar surface area (TPSA) is 64.1 Å². The van der Waals surface area contributed by atoms with Gasteiger partial charge in [0, 0.05) is 29.8 Å². The second-order valence-electron chi connectivity index (χ2n) is 5.33. The molecule has 0 bridgehead atoms. The molecule has 0 spiro atoms. The van der Waals surface area contributed by atoms with E-state index in [1.54, 1.807) is 30.6 Å². The van der Waals surface area contributed by atoms with Crippen LogP contribution in [0.15, 0.2) is 48.1 Å². The van der Waals surface area contributed by atoms with Gasteiger partial charge in [-0.25, -0.2) is 4.98 Å². The molecule has 0 saturated heterocycles. The van der Waals surface area contributed by atoms with E-state index in [0.717, 1.165) is 11.3 Å². The molecule has 0 aliphatic carbocycles. The van der Waals surface area contributed by atoms with E-state index in [0.29, 0.717) is 40.4 Å². The number of carbonyl (C=O) groups is 1. The highest BCUT2D eigenvalue weighted by Gasteiger charge is 2.09. The van der Waals surface area contributed by atoms with Crippen LogP contribution in [0, 0.1) is 0 Å². The zero-order chi connectivity index (χ0) is 18.4. The maximum Gasteiger partial charge on any atom is 0.226 e. The lowest BCUT2D eigenvalue weighted by atomic mass is 10.2. The van der Waals surface area contributed by atoms with E-state index < -0.39 is 0 Å². The number of ether oxygens (including phenoxy) is 1. The average molecular weight is 408 g/mol. The first-order valence-corrected chi connectivity index (χ1v) is 9.49. The van der Waals surface area contributed by atoms with Crippen LogP contribution in [0.25, 0.3) is 11.3 Å². The predicted octanol–water partition coefficient (Wildman–Crippen LogP) is 5.31. The van der Waals surface area contributed by atoms with Gasteiger partial charge in [-0.15, -0.1) is 11.3 Å². The van der Waals surface area contributed by atoms with Crippen LogP contribution in [-0.2, 0) is 4.79 Å². The molecular formula is C18H15Cl2N3O2S. The fourth-order valence-corrected chi connectivity index (χ4v) is 3.25. The van der Waals surface area contributed by atoms with Crippen molar-refractivity contribution in [1.82, 2.24) is 9.97 Å². The summed E-state index contributed by atoms with van der Waals surface area (Å²) < 4.78 is 5.56. The Morgan fingerprint density at radius 2 is 2.12 bits per heavy atom. The summed E-state index contributed by atoms with van der Waals surface area (Å²) in [5.74, 6) is 0.401. The molecule has 3 aromatic rings. The molecule has 1 aromatic carbocycles. The number of carbonyl (C=O) groups excluding carboxylic acids is 1. The molecule has 0 fully saturated rings. The molecule has 26 heavy (non-hydrogen) atoms. The maximum atomic E-state index is 12.0. The Labute approximate surface area is 165 Å². The molecular weight excluding hydrogens is 393 g/mol. The molecule has 1 amide bonds. The number of benzene rings is 1. The summed E-state index contributed by atoms with van der Waals surface area (Å²) in [6.07, 6.45) is 4.31. The van der Waals surface area contributed by atoms with Gasteiger partial charge in [0.25, 0.3) is 0 Å². The van der Waals surface area contributed by atoms with Crippen molar-refractivity contribution in [2.24, 2.45) is 0 Å². The molecule has 0 unspecified atom stereocenters. The van der Waals surface area contributed by atoms with Crippen molar-refractivity contribution in [2.45, 2.75) is 12.8 Å². The summed E-state index contributed by atoms with van der Waals surface area (Å²) in [5.41, 5.74) is 1.70. The Morgan fingerprint density at radius 1 is 1.23 bits per heavy atom. The average Bonchev–Trinajstić information content (AvgIpc) is 3.11. The molecule has 5 nitrogen and oxygen atoms in total. The van der Waals surface area contributed by atoms with Crippen molar-refractivity contribution < 1.29 is 9.53 Å². The van der Waals surface area contributed by atoms with Gasteiger partial charge in [0.05, 0.1) is 17.3 Å². The van der Waals surface area contributed by atoms with Crippen LogP contribution in [0.3, 0.4) is 0 Å². The lowest BCUT2D eigenvalue weighted by molar-refractivity contribution is -0.116. The number of hydrogen-bond acceptors (Lipinski definition) is 5. The molecule has 8 heteroatoms. The second kappa shape index (κ2) is 8.98. The SMILES string of the molecule is O=C(CCCOc1cccc(Cl)c1Cl)Nc1nc(-c2cccnc2)cs1. The molecule has 0 aliphatic heterocycles. The number of thiazole rings is 1. The van der Waals surface area contributed by atoms with E-state index in [4.69, 9.17) is 27.9 Å². The molecule has 134 valence electrons. The van der Waals surface area contributed by atoms with Gasteiger partial charge in [-0.2, -0.15) is 0 Å². The maximum absolute atomic E-state index is 12.0. The van der Waals surface area contributed by atoms with Crippen molar-refractivity contribution in [3.8, 4) is 17.0 Å². The number of nitrogens with zero attached hydrogens (tertiary/aromatic N) is 2. The van der Waals surface area contributed by atoms with Crippen LogP contribution < -0.4 is 10.1 Å². The fourth-order valence-electron chi connectivity index (χ4n) is 2.17. The van der Waals surface area contributed by atoms with E-state index in [9.17, 15) is 4.79 Å². The third-order valence-corrected chi connectivity index (χ3v) is 4.99. The first-order chi connectivity index (χ1) is 12.6. The monoisotopic (exact) mass is 407 g/mol. The summed E-state index contributed by atoms with van der Waals surface area (Å²) >= 11 is 13.4. The van der Waals surface area contributed by atoms with E-state index in [2.05, 4.69) is 15.3 Å². The molecule has 0 aliphatic rings. The largest absolute Gasteiger partial charge is 0.492 e. The lowest BCUT2D eigenvalue weighted by Gasteiger charge is -2.08. The molecule has 0 atom stereocenters.